The number of sulfonamides is 1. The van der Waals surface area contributed by atoms with Gasteiger partial charge >= 0.3 is 0 Å². The maximum Gasteiger partial charge on any atom is 0.253 e. The van der Waals surface area contributed by atoms with E-state index in [2.05, 4.69) is 4.72 Å². The fraction of sp³-hybridized carbons (Fsp3) is 0.333. The number of hydrogen-bond acceptors (Lipinski definition) is 5. The summed E-state index contributed by atoms with van der Waals surface area (Å²) >= 11 is 0. The Morgan fingerprint density at radius 3 is 2.07 bits per heavy atom. The van der Waals surface area contributed by atoms with E-state index in [0.717, 1.165) is 0 Å². The second-order valence-electron chi connectivity index (χ2n) is 7.00. The lowest BCUT2D eigenvalue weighted by Gasteiger charge is -2.36. The van der Waals surface area contributed by atoms with E-state index in [9.17, 15) is 18.0 Å². The van der Waals surface area contributed by atoms with Gasteiger partial charge in [0.25, 0.3) is 5.91 Å². The molecule has 2 aromatic rings. The van der Waals surface area contributed by atoms with Gasteiger partial charge in [-0.25, -0.2) is 8.42 Å². The van der Waals surface area contributed by atoms with Crippen molar-refractivity contribution in [1.29, 1.82) is 0 Å². The summed E-state index contributed by atoms with van der Waals surface area (Å²) in [5.41, 5.74) is 0.555. The minimum Gasteiger partial charge on any atom is -0.497 e. The molecule has 1 fully saturated rings. The number of methoxy groups -OCH3 is 1. The van der Waals surface area contributed by atoms with Crippen LogP contribution in [0.2, 0.25) is 0 Å². The highest BCUT2D eigenvalue weighted by Crippen LogP contribution is 2.15. The molecular formula is C21H25N3O5S. The molecule has 1 aliphatic rings. The van der Waals surface area contributed by atoms with Crippen LogP contribution in [0.3, 0.4) is 0 Å². The molecule has 0 bridgehead atoms. The summed E-state index contributed by atoms with van der Waals surface area (Å²) in [6, 6.07) is 13.9. The number of hydrogen-bond donors (Lipinski definition) is 1. The van der Waals surface area contributed by atoms with Crippen LogP contribution in [0, 0.1) is 0 Å². The lowest BCUT2D eigenvalue weighted by Crippen LogP contribution is -2.55. The average Bonchev–Trinajstić information content (AvgIpc) is 2.78. The van der Waals surface area contributed by atoms with E-state index in [0.29, 0.717) is 37.5 Å². The molecule has 0 radical (unpaired) electrons. The monoisotopic (exact) mass is 431 g/mol. The van der Waals surface area contributed by atoms with Crippen LogP contribution in [0.5, 0.6) is 5.75 Å². The number of nitrogens with zero attached hydrogens (tertiary/aromatic N) is 2. The van der Waals surface area contributed by atoms with Gasteiger partial charge in [-0.2, -0.15) is 4.72 Å². The van der Waals surface area contributed by atoms with Crippen LogP contribution < -0.4 is 9.46 Å². The smallest absolute Gasteiger partial charge is 0.253 e. The molecule has 1 heterocycles. The zero-order valence-electron chi connectivity index (χ0n) is 16.9. The number of ether oxygens (including phenoxy) is 1. The quantitative estimate of drug-likeness (QED) is 0.745. The maximum absolute atomic E-state index is 12.7. The molecule has 9 heteroatoms. The largest absolute Gasteiger partial charge is 0.497 e. The molecule has 0 saturated carbocycles. The van der Waals surface area contributed by atoms with Crippen molar-refractivity contribution in [3.05, 3.63) is 60.2 Å². The molecule has 1 atom stereocenters. The van der Waals surface area contributed by atoms with E-state index in [1.165, 1.54) is 19.1 Å². The van der Waals surface area contributed by atoms with Crippen molar-refractivity contribution in [2.75, 3.05) is 33.3 Å². The number of carbonyl (C=O) groups is 2. The number of amides is 2. The third kappa shape index (κ3) is 4.98. The highest BCUT2D eigenvalue weighted by atomic mass is 32.2. The van der Waals surface area contributed by atoms with Crippen molar-refractivity contribution in [2.45, 2.75) is 17.9 Å². The van der Waals surface area contributed by atoms with E-state index in [1.54, 1.807) is 59.4 Å². The average molecular weight is 432 g/mol. The third-order valence-electron chi connectivity index (χ3n) is 4.97. The van der Waals surface area contributed by atoms with Crippen molar-refractivity contribution >= 4 is 21.8 Å². The maximum atomic E-state index is 12.7. The molecule has 0 aromatic heterocycles. The molecule has 0 unspecified atom stereocenters. The number of benzene rings is 2. The van der Waals surface area contributed by atoms with Crippen LogP contribution in [-0.2, 0) is 14.8 Å². The molecule has 30 heavy (non-hydrogen) atoms. The standard InChI is InChI=1S/C21H25N3O5S/c1-16(22-30(27,28)19-6-4-3-5-7-19)20(25)23-12-14-24(15-13-23)21(26)17-8-10-18(29-2)11-9-17/h3-11,16,22H,12-15H2,1-2H3/t16-/m0/s1. The summed E-state index contributed by atoms with van der Waals surface area (Å²) in [5.74, 6) is 0.252. The molecule has 1 aliphatic heterocycles. The molecule has 3 rings (SSSR count). The summed E-state index contributed by atoms with van der Waals surface area (Å²) < 4.78 is 32.4. The number of nitrogens with one attached hydrogen (secondary N) is 1. The molecule has 8 nitrogen and oxygen atoms in total. The van der Waals surface area contributed by atoms with Crippen molar-refractivity contribution in [3.63, 3.8) is 0 Å². The predicted molar refractivity (Wildman–Crippen MR) is 112 cm³/mol. The Hall–Kier alpha value is -2.91. The summed E-state index contributed by atoms with van der Waals surface area (Å²) in [6.45, 7) is 2.98. The normalized spacial score (nSPS) is 15.5. The summed E-state index contributed by atoms with van der Waals surface area (Å²) in [6.07, 6.45) is 0. The zero-order chi connectivity index (χ0) is 21.7. The van der Waals surface area contributed by atoms with Crippen LogP contribution in [0.15, 0.2) is 59.5 Å². The van der Waals surface area contributed by atoms with E-state index < -0.39 is 16.1 Å². The van der Waals surface area contributed by atoms with E-state index in [1.807, 2.05) is 0 Å². The Morgan fingerprint density at radius 1 is 0.933 bits per heavy atom. The van der Waals surface area contributed by atoms with Gasteiger partial charge in [0.1, 0.15) is 5.75 Å². The molecular weight excluding hydrogens is 406 g/mol. The summed E-state index contributed by atoms with van der Waals surface area (Å²) in [7, 11) is -2.22. The Balaban J connectivity index is 1.56. The second kappa shape index (κ2) is 9.27. The molecule has 2 aromatic carbocycles. The second-order valence-corrected chi connectivity index (χ2v) is 8.72. The van der Waals surface area contributed by atoms with Gasteiger partial charge in [0, 0.05) is 31.7 Å². The molecule has 1 saturated heterocycles. The van der Waals surface area contributed by atoms with Gasteiger partial charge in [-0.1, -0.05) is 18.2 Å². The molecule has 160 valence electrons. The van der Waals surface area contributed by atoms with Gasteiger partial charge in [0.05, 0.1) is 18.0 Å². The number of rotatable bonds is 6. The van der Waals surface area contributed by atoms with Crippen LogP contribution in [0.25, 0.3) is 0 Å². The molecule has 0 spiro atoms. The Morgan fingerprint density at radius 2 is 1.50 bits per heavy atom. The van der Waals surface area contributed by atoms with Gasteiger partial charge in [-0.05, 0) is 43.3 Å². The van der Waals surface area contributed by atoms with E-state index >= 15 is 0 Å². The molecule has 1 N–H and O–H groups in total. The first kappa shape index (κ1) is 21.8. The fourth-order valence-electron chi connectivity index (χ4n) is 3.27. The van der Waals surface area contributed by atoms with Crippen molar-refractivity contribution in [3.8, 4) is 5.75 Å². The first-order chi connectivity index (χ1) is 14.3. The van der Waals surface area contributed by atoms with E-state index in [-0.39, 0.29) is 16.7 Å². The Labute approximate surface area is 176 Å². The van der Waals surface area contributed by atoms with Gasteiger partial charge in [0.15, 0.2) is 0 Å². The SMILES string of the molecule is COc1ccc(C(=O)N2CCN(C(=O)[C@H](C)NS(=O)(=O)c3ccccc3)CC2)cc1. The van der Waals surface area contributed by atoms with Gasteiger partial charge in [-0.3, -0.25) is 9.59 Å². The Kier molecular flexibility index (Phi) is 6.73. The van der Waals surface area contributed by atoms with Gasteiger partial charge in [-0.15, -0.1) is 0 Å². The molecule has 2 amide bonds. The highest BCUT2D eigenvalue weighted by molar-refractivity contribution is 7.89. The first-order valence-corrected chi connectivity index (χ1v) is 11.1. The zero-order valence-corrected chi connectivity index (χ0v) is 17.8. The number of piperazine rings is 1. The Bertz CT molecular complexity index is 985. The van der Waals surface area contributed by atoms with Gasteiger partial charge < -0.3 is 14.5 Å². The van der Waals surface area contributed by atoms with Crippen molar-refractivity contribution < 1.29 is 22.7 Å². The summed E-state index contributed by atoms with van der Waals surface area (Å²) in [4.78, 5) is 28.7. The van der Waals surface area contributed by atoms with Crippen LogP contribution >= 0.6 is 0 Å². The minimum atomic E-state index is -3.78. The lowest BCUT2D eigenvalue weighted by molar-refractivity contribution is -0.134. The van der Waals surface area contributed by atoms with Crippen LogP contribution in [0.1, 0.15) is 17.3 Å². The fourth-order valence-corrected chi connectivity index (χ4v) is 4.49. The highest BCUT2D eigenvalue weighted by Gasteiger charge is 2.29. The first-order valence-electron chi connectivity index (χ1n) is 9.61. The summed E-state index contributed by atoms with van der Waals surface area (Å²) in [5, 5.41) is 0. The van der Waals surface area contributed by atoms with Crippen LogP contribution in [0.4, 0.5) is 0 Å². The van der Waals surface area contributed by atoms with E-state index in [4.69, 9.17) is 4.74 Å². The van der Waals surface area contributed by atoms with Gasteiger partial charge in [0.2, 0.25) is 15.9 Å². The predicted octanol–water partition coefficient (Wildman–Crippen LogP) is 1.35. The topological polar surface area (TPSA) is 96.0 Å². The minimum absolute atomic E-state index is 0.109. The lowest BCUT2D eigenvalue weighted by atomic mass is 10.1. The van der Waals surface area contributed by atoms with Crippen molar-refractivity contribution in [2.24, 2.45) is 0 Å². The molecule has 0 aliphatic carbocycles. The van der Waals surface area contributed by atoms with Crippen LogP contribution in [-0.4, -0.2) is 69.4 Å². The third-order valence-corrected chi connectivity index (χ3v) is 6.53. The van der Waals surface area contributed by atoms with Crippen molar-refractivity contribution in [1.82, 2.24) is 14.5 Å². The number of carbonyl (C=O) groups excluding carboxylic acids is 2.